The lowest BCUT2D eigenvalue weighted by atomic mass is 10.1. The molecule has 0 saturated heterocycles. The Kier molecular flexibility index (Phi) is 5.65. The average Bonchev–Trinajstić information content (AvgIpc) is 2.87. The van der Waals surface area contributed by atoms with Crippen LogP contribution in [0.15, 0.2) is 36.5 Å². The van der Waals surface area contributed by atoms with E-state index in [4.69, 9.17) is 16.3 Å². The van der Waals surface area contributed by atoms with Crippen molar-refractivity contribution in [2.45, 2.75) is 32.4 Å². The quantitative estimate of drug-likeness (QED) is 0.844. The summed E-state index contributed by atoms with van der Waals surface area (Å²) in [4.78, 5) is 0. The molecule has 4 nitrogen and oxygen atoms in total. The smallest absolute Gasteiger partial charge is 0.119 e. The number of hydrogen-bond acceptors (Lipinski definition) is 3. The van der Waals surface area contributed by atoms with Crippen LogP contribution in [-0.2, 0) is 0 Å². The maximum absolute atomic E-state index is 6.29. The first-order valence-corrected chi connectivity index (χ1v) is 7.59. The maximum atomic E-state index is 6.29. The molecule has 1 unspecified atom stereocenters. The Labute approximate surface area is 131 Å². The molecule has 0 aliphatic heterocycles. The molecular formula is C16H22ClN3O. The van der Waals surface area contributed by atoms with Gasteiger partial charge in [0, 0.05) is 12.5 Å². The van der Waals surface area contributed by atoms with Crippen molar-refractivity contribution in [2.24, 2.45) is 0 Å². The lowest BCUT2D eigenvalue weighted by Crippen LogP contribution is -2.23. The van der Waals surface area contributed by atoms with E-state index < -0.39 is 0 Å². The Morgan fingerprint density at radius 1 is 1.29 bits per heavy atom. The Bertz CT molecular complexity index is 554. The minimum Gasteiger partial charge on any atom is -0.494 e. The average molecular weight is 308 g/mol. The lowest BCUT2D eigenvalue weighted by molar-refractivity contribution is 0.285. The Balaban J connectivity index is 2.02. The molecule has 1 atom stereocenters. The zero-order valence-electron chi connectivity index (χ0n) is 12.7. The summed E-state index contributed by atoms with van der Waals surface area (Å²) in [6.45, 7) is 4.81. The van der Waals surface area contributed by atoms with Crippen LogP contribution in [-0.4, -0.2) is 23.4 Å². The molecule has 2 aromatic rings. The second kappa shape index (κ2) is 7.48. The zero-order valence-corrected chi connectivity index (χ0v) is 13.5. The molecule has 1 aromatic heterocycles. The largest absolute Gasteiger partial charge is 0.494 e. The van der Waals surface area contributed by atoms with Gasteiger partial charge in [-0.25, -0.2) is 0 Å². The predicted molar refractivity (Wildman–Crippen MR) is 86.0 cm³/mol. The number of hydrogen-bond donors (Lipinski definition) is 1. The second-order valence-corrected chi connectivity index (χ2v) is 5.61. The summed E-state index contributed by atoms with van der Waals surface area (Å²) in [7, 11) is 1.93. The number of nitrogens with zero attached hydrogens (tertiary/aromatic N) is 2. The topological polar surface area (TPSA) is 39.1 Å². The number of aromatic nitrogens is 2. The van der Waals surface area contributed by atoms with Crippen molar-refractivity contribution in [3.63, 3.8) is 0 Å². The molecule has 1 aromatic carbocycles. The fraction of sp³-hybridized carbons (Fsp3) is 0.438. The minimum absolute atomic E-state index is 0.117. The van der Waals surface area contributed by atoms with Crippen molar-refractivity contribution >= 4 is 11.6 Å². The third-order valence-electron chi connectivity index (χ3n) is 3.37. The molecule has 0 aliphatic rings. The van der Waals surface area contributed by atoms with E-state index >= 15 is 0 Å². The third-order valence-corrected chi connectivity index (χ3v) is 3.66. The molecule has 0 spiro atoms. The summed E-state index contributed by atoms with van der Waals surface area (Å²) in [5, 5.41) is 8.35. The molecule has 0 bridgehead atoms. The highest BCUT2D eigenvalue weighted by molar-refractivity contribution is 6.31. The summed E-state index contributed by atoms with van der Waals surface area (Å²) < 4.78 is 7.73. The van der Waals surface area contributed by atoms with Crippen LogP contribution >= 0.6 is 11.6 Å². The highest BCUT2D eigenvalue weighted by atomic mass is 35.5. The first-order valence-electron chi connectivity index (χ1n) is 7.21. The van der Waals surface area contributed by atoms with Crippen LogP contribution in [0.1, 0.15) is 38.0 Å². The summed E-state index contributed by atoms with van der Waals surface area (Å²) in [5.41, 5.74) is 1.02. The van der Waals surface area contributed by atoms with E-state index in [1.165, 1.54) is 0 Å². The molecule has 1 heterocycles. The molecule has 5 heteroatoms. The van der Waals surface area contributed by atoms with E-state index in [2.05, 4.69) is 24.3 Å². The standard InChI is InChI=1S/C16H22ClN3O/c1-12(2)20-16(14(17)11-19-20)15(18-3)9-10-21-13-7-5-4-6-8-13/h4-8,11-12,15,18H,9-10H2,1-3H3. The van der Waals surface area contributed by atoms with Gasteiger partial charge in [0.15, 0.2) is 0 Å². The molecule has 114 valence electrons. The van der Waals surface area contributed by atoms with E-state index in [0.29, 0.717) is 11.6 Å². The van der Waals surface area contributed by atoms with Gasteiger partial charge >= 0.3 is 0 Å². The number of nitrogens with one attached hydrogen (secondary N) is 1. The van der Waals surface area contributed by atoms with Crippen LogP contribution in [0.25, 0.3) is 0 Å². The highest BCUT2D eigenvalue weighted by Gasteiger charge is 2.20. The van der Waals surface area contributed by atoms with Gasteiger partial charge < -0.3 is 10.1 Å². The first-order chi connectivity index (χ1) is 10.1. The predicted octanol–water partition coefficient (Wildman–Crippen LogP) is 3.85. The Morgan fingerprint density at radius 2 is 2.00 bits per heavy atom. The molecule has 21 heavy (non-hydrogen) atoms. The number of ether oxygens (including phenoxy) is 1. The SMILES string of the molecule is CNC(CCOc1ccccc1)c1c(Cl)cnn1C(C)C. The first kappa shape index (κ1) is 15.9. The fourth-order valence-electron chi connectivity index (χ4n) is 2.32. The van der Waals surface area contributed by atoms with Crippen LogP contribution in [0, 0.1) is 0 Å². The maximum Gasteiger partial charge on any atom is 0.119 e. The zero-order chi connectivity index (χ0) is 15.2. The van der Waals surface area contributed by atoms with Crippen molar-refractivity contribution in [1.82, 2.24) is 15.1 Å². The van der Waals surface area contributed by atoms with E-state index in [0.717, 1.165) is 17.9 Å². The van der Waals surface area contributed by atoms with E-state index in [1.807, 2.05) is 42.1 Å². The van der Waals surface area contributed by atoms with Crippen LogP contribution < -0.4 is 10.1 Å². The van der Waals surface area contributed by atoms with Crippen LogP contribution in [0.3, 0.4) is 0 Å². The number of benzene rings is 1. The molecule has 0 fully saturated rings. The molecule has 0 saturated carbocycles. The van der Waals surface area contributed by atoms with Crippen LogP contribution in [0.5, 0.6) is 5.75 Å². The van der Waals surface area contributed by atoms with Crippen LogP contribution in [0.4, 0.5) is 0 Å². The number of rotatable bonds is 7. The van der Waals surface area contributed by atoms with E-state index in [1.54, 1.807) is 6.20 Å². The number of para-hydroxylation sites is 1. The van der Waals surface area contributed by atoms with Gasteiger partial charge in [-0.2, -0.15) is 5.10 Å². The van der Waals surface area contributed by atoms with Gasteiger partial charge in [-0.15, -0.1) is 0 Å². The lowest BCUT2D eigenvalue weighted by Gasteiger charge is -2.20. The van der Waals surface area contributed by atoms with E-state index in [9.17, 15) is 0 Å². The van der Waals surface area contributed by atoms with Gasteiger partial charge in [-0.05, 0) is 33.0 Å². The molecule has 0 radical (unpaired) electrons. The highest BCUT2D eigenvalue weighted by Crippen LogP contribution is 2.27. The van der Waals surface area contributed by atoms with Gasteiger partial charge in [0.2, 0.25) is 0 Å². The number of halogens is 1. The van der Waals surface area contributed by atoms with Crippen molar-refractivity contribution in [2.75, 3.05) is 13.7 Å². The molecule has 1 N–H and O–H groups in total. The Hall–Kier alpha value is -1.52. The fourth-order valence-corrected chi connectivity index (χ4v) is 2.58. The van der Waals surface area contributed by atoms with Crippen molar-refractivity contribution in [3.8, 4) is 5.75 Å². The molecule has 0 amide bonds. The Morgan fingerprint density at radius 3 is 2.62 bits per heavy atom. The second-order valence-electron chi connectivity index (χ2n) is 5.21. The molecule has 2 rings (SSSR count). The summed E-state index contributed by atoms with van der Waals surface area (Å²) in [5.74, 6) is 0.885. The summed E-state index contributed by atoms with van der Waals surface area (Å²) in [6, 6.07) is 10.2. The van der Waals surface area contributed by atoms with Crippen molar-refractivity contribution in [3.05, 3.63) is 47.2 Å². The van der Waals surface area contributed by atoms with Crippen molar-refractivity contribution < 1.29 is 4.74 Å². The van der Waals surface area contributed by atoms with Gasteiger partial charge in [-0.3, -0.25) is 4.68 Å². The summed E-state index contributed by atoms with van der Waals surface area (Å²) >= 11 is 6.29. The molecule has 0 aliphatic carbocycles. The van der Waals surface area contributed by atoms with E-state index in [-0.39, 0.29) is 12.1 Å². The molecular weight excluding hydrogens is 286 g/mol. The normalized spacial score (nSPS) is 12.6. The summed E-state index contributed by atoms with van der Waals surface area (Å²) in [6.07, 6.45) is 2.53. The van der Waals surface area contributed by atoms with Gasteiger partial charge in [0.25, 0.3) is 0 Å². The monoisotopic (exact) mass is 307 g/mol. The van der Waals surface area contributed by atoms with Crippen LogP contribution in [0.2, 0.25) is 5.02 Å². The van der Waals surface area contributed by atoms with Gasteiger partial charge in [-0.1, -0.05) is 29.8 Å². The van der Waals surface area contributed by atoms with Gasteiger partial charge in [0.1, 0.15) is 5.75 Å². The minimum atomic E-state index is 0.117. The van der Waals surface area contributed by atoms with Gasteiger partial charge in [0.05, 0.1) is 29.6 Å². The third kappa shape index (κ3) is 3.99. The van der Waals surface area contributed by atoms with Crippen molar-refractivity contribution in [1.29, 1.82) is 0 Å².